The zero-order valence-corrected chi connectivity index (χ0v) is 19.0. The Kier molecular flexibility index (Phi) is 5.65. The summed E-state index contributed by atoms with van der Waals surface area (Å²) in [6.07, 6.45) is 1.25. The number of rotatable bonds is 4. The average Bonchev–Trinajstić information content (AvgIpc) is 3.17. The average molecular weight is 480 g/mol. The molecule has 2 N–H and O–H groups in total. The lowest BCUT2D eigenvalue weighted by Gasteiger charge is -2.19. The highest BCUT2D eigenvalue weighted by Gasteiger charge is 2.16. The molecule has 0 aliphatic carbocycles. The second-order valence-corrected chi connectivity index (χ2v) is 8.88. The number of aromatic nitrogens is 3. The van der Waals surface area contributed by atoms with Crippen molar-refractivity contribution < 1.29 is 9.53 Å². The van der Waals surface area contributed by atoms with Crippen molar-refractivity contribution in [3.8, 4) is 11.3 Å². The van der Waals surface area contributed by atoms with Gasteiger partial charge in [-0.25, -0.2) is 14.3 Å². The van der Waals surface area contributed by atoms with Crippen molar-refractivity contribution in [2.75, 3.05) is 10.6 Å². The number of nitrogens with one attached hydrogen (secondary N) is 2. The van der Waals surface area contributed by atoms with Crippen LogP contribution in [-0.2, 0) is 4.74 Å². The lowest BCUT2D eigenvalue weighted by molar-refractivity contribution is 0.0636. The molecule has 0 saturated heterocycles. The molecule has 2 aromatic carbocycles. The Hall–Kier alpha value is -3.39. The summed E-state index contributed by atoms with van der Waals surface area (Å²) in [7, 11) is 0. The second-order valence-electron chi connectivity index (χ2n) is 7.97. The van der Waals surface area contributed by atoms with Crippen molar-refractivity contribution in [2.45, 2.75) is 26.4 Å². The predicted molar refractivity (Wildman–Crippen MR) is 126 cm³/mol. The summed E-state index contributed by atoms with van der Waals surface area (Å²) in [5.74, 6) is 0.591. The van der Waals surface area contributed by atoms with E-state index in [1.807, 2.05) is 69.3 Å². The molecule has 31 heavy (non-hydrogen) atoms. The van der Waals surface area contributed by atoms with Gasteiger partial charge in [0, 0.05) is 21.4 Å². The van der Waals surface area contributed by atoms with Gasteiger partial charge in [0.2, 0.25) is 5.95 Å². The Labute approximate surface area is 188 Å². The van der Waals surface area contributed by atoms with E-state index >= 15 is 0 Å². The first kappa shape index (κ1) is 20.9. The fraction of sp³-hybridized carbons (Fsp3) is 0.174. The number of benzene rings is 2. The summed E-state index contributed by atoms with van der Waals surface area (Å²) in [5, 5.41) is 10.4. The fourth-order valence-corrected chi connectivity index (χ4v) is 3.23. The van der Waals surface area contributed by atoms with Gasteiger partial charge in [0.25, 0.3) is 0 Å². The molecule has 2 heterocycles. The van der Waals surface area contributed by atoms with E-state index in [0.29, 0.717) is 11.6 Å². The SMILES string of the molecule is CC(C)(C)OC(=O)Nc1ccc(Nc2nc(-c3ccc(Br)cc3)cc3ccnn23)cc1. The first-order valence-corrected chi connectivity index (χ1v) is 10.5. The maximum Gasteiger partial charge on any atom is 0.412 e. The third kappa shape index (κ3) is 5.21. The van der Waals surface area contributed by atoms with Gasteiger partial charge in [-0.15, -0.1) is 0 Å². The minimum Gasteiger partial charge on any atom is -0.444 e. The molecule has 0 bridgehead atoms. The van der Waals surface area contributed by atoms with Gasteiger partial charge in [-0.05, 0) is 69.3 Å². The topological polar surface area (TPSA) is 80.5 Å². The van der Waals surface area contributed by atoms with Gasteiger partial charge in [0.1, 0.15) is 5.60 Å². The highest BCUT2D eigenvalue weighted by molar-refractivity contribution is 9.10. The standard InChI is InChI=1S/C23H22BrN5O2/c1-23(2,3)31-22(30)27-18-10-8-17(9-11-18)26-21-28-20(14-19-12-13-25-29(19)21)15-4-6-16(24)7-5-15/h4-14H,1-3H3,(H,26,28)(H,27,30). The molecule has 0 aliphatic rings. The minimum atomic E-state index is -0.549. The summed E-state index contributed by atoms with van der Waals surface area (Å²) in [6, 6.07) is 19.2. The van der Waals surface area contributed by atoms with E-state index in [-0.39, 0.29) is 0 Å². The zero-order chi connectivity index (χ0) is 22.0. The Bertz CT molecular complexity index is 1210. The van der Waals surface area contributed by atoms with Crippen molar-refractivity contribution >= 4 is 44.9 Å². The number of hydrogen-bond donors (Lipinski definition) is 2. The van der Waals surface area contributed by atoms with Gasteiger partial charge >= 0.3 is 6.09 Å². The van der Waals surface area contributed by atoms with E-state index in [1.54, 1.807) is 22.8 Å². The summed E-state index contributed by atoms with van der Waals surface area (Å²) in [4.78, 5) is 16.7. The van der Waals surface area contributed by atoms with Gasteiger partial charge in [-0.1, -0.05) is 28.1 Å². The van der Waals surface area contributed by atoms with Crippen LogP contribution in [0.15, 0.2) is 71.3 Å². The first-order chi connectivity index (χ1) is 14.8. The largest absolute Gasteiger partial charge is 0.444 e. The number of carbonyl (C=O) groups excluding carboxylic acids is 1. The van der Waals surface area contributed by atoms with Crippen LogP contribution >= 0.6 is 15.9 Å². The highest BCUT2D eigenvalue weighted by atomic mass is 79.9. The molecule has 7 nitrogen and oxygen atoms in total. The molecule has 8 heteroatoms. The van der Waals surface area contributed by atoms with E-state index in [1.165, 1.54) is 0 Å². The van der Waals surface area contributed by atoms with Crippen molar-refractivity contribution in [3.05, 3.63) is 71.3 Å². The van der Waals surface area contributed by atoms with Crippen molar-refractivity contribution in [2.24, 2.45) is 0 Å². The Morgan fingerprint density at radius 2 is 1.68 bits per heavy atom. The summed E-state index contributed by atoms with van der Waals surface area (Å²) in [6.45, 7) is 5.47. The van der Waals surface area contributed by atoms with E-state index in [4.69, 9.17) is 9.72 Å². The number of ether oxygens (including phenoxy) is 1. The molecular formula is C23H22BrN5O2. The van der Waals surface area contributed by atoms with E-state index in [2.05, 4.69) is 31.7 Å². The summed E-state index contributed by atoms with van der Waals surface area (Å²) in [5.41, 5.74) is 3.68. The van der Waals surface area contributed by atoms with Crippen LogP contribution in [0, 0.1) is 0 Å². The highest BCUT2D eigenvalue weighted by Crippen LogP contribution is 2.25. The number of amides is 1. The van der Waals surface area contributed by atoms with Crippen LogP contribution in [0.3, 0.4) is 0 Å². The quantitative estimate of drug-likeness (QED) is 0.361. The van der Waals surface area contributed by atoms with Gasteiger partial charge in [-0.3, -0.25) is 5.32 Å². The van der Waals surface area contributed by atoms with Crippen molar-refractivity contribution in [1.82, 2.24) is 14.6 Å². The van der Waals surface area contributed by atoms with Crippen molar-refractivity contribution in [3.63, 3.8) is 0 Å². The van der Waals surface area contributed by atoms with Crippen LogP contribution in [-0.4, -0.2) is 26.3 Å². The lowest BCUT2D eigenvalue weighted by atomic mass is 10.1. The Morgan fingerprint density at radius 1 is 1.00 bits per heavy atom. The number of carbonyl (C=O) groups is 1. The molecule has 0 unspecified atom stereocenters. The third-order valence-electron chi connectivity index (χ3n) is 4.31. The summed E-state index contributed by atoms with van der Waals surface area (Å²) >= 11 is 3.46. The third-order valence-corrected chi connectivity index (χ3v) is 4.84. The molecule has 0 aliphatic heterocycles. The normalized spacial score (nSPS) is 11.4. The van der Waals surface area contributed by atoms with Crippen LogP contribution in [0.1, 0.15) is 20.8 Å². The number of fused-ring (bicyclic) bond motifs is 1. The van der Waals surface area contributed by atoms with Crippen molar-refractivity contribution in [1.29, 1.82) is 0 Å². The zero-order valence-electron chi connectivity index (χ0n) is 17.4. The van der Waals surface area contributed by atoms with Crippen LogP contribution in [0.5, 0.6) is 0 Å². The van der Waals surface area contributed by atoms with Gasteiger partial charge in [-0.2, -0.15) is 5.10 Å². The second kappa shape index (κ2) is 8.39. The molecule has 4 rings (SSSR count). The number of halogens is 1. The predicted octanol–water partition coefficient (Wildman–Crippen LogP) is 6.25. The molecule has 0 fully saturated rings. The Morgan fingerprint density at radius 3 is 2.35 bits per heavy atom. The molecular weight excluding hydrogens is 458 g/mol. The number of nitrogens with zero attached hydrogens (tertiary/aromatic N) is 3. The molecule has 0 atom stereocenters. The molecule has 158 valence electrons. The van der Waals surface area contributed by atoms with Gasteiger partial charge < -0.3 is 10.1 Å². The fourth-order valence-electron chi connectivity index (χ4n) is 2.97. The molecule has 0 radical (unpaired) electrons. The monoisotopic (exact) mass is 479 g/mol. The summed E-state index contributed by atoms with van der Waals surface area (Å²) < 4.78 is 8.04. The number of hydrogen-bond acceptors (Lipinski definition) is 5. The smallest absolute Gasteiger partial charge is 0.412 e. The Balaban J connectivity index is 1.56. The maximum absolute atomic E-state index is 11.9. The van der Waals surface area contributed by atoms with Crippen LogP contribution in [0.2, 0.25) is 0 Å². The maximum atomic E-state index is 11.9. The first-order valence-electron chi connectivity index (χ1n) is 9.75. The van der Waals surface area contributed by atoms with E-state index in [0.717, 1.165) is 26.9 Å². The minimum absolute atomic E-state index is 0.490. The molecule has 0 spiro atoms. The lowest BCUT2D eigenvalue weighted by Crippen LogP contribution is -2.27. The van der Waals surface area contributed by atoms with Crippen LogP contribution in [0.25, 0.3) is 16.8 Å². The van der Waals surface area contributed by atoms with E-state index in [9.17, 15) is 4.79 Å². The molecule has 2 aromatic heterocycles. The van der Waals surface area contributed by atoms with Gasteiger partial charge in [0.05, 0.1) is 17.4 Å². The molecule has 4 aromatic rings. The number of anilines is 3. The van der Waals surface area contributed by atoms with Crippen LogP contribution < -0.4 is 10.6 Å². The molecule has 0 saturated carbocycles. The van der Waals surface area contributed by atoms with E-state index < -0.39 is 11.7 Å². The van der Waals surface area contributed by atoms with Gasteiger partial charge in [0.15, 0.2) is 0 Å². The van der Waals surface area contributed by atoms with Crippen LogP contribution in [0.4, 0.5) is 22.1 Å². The molecule has 1 amide bonds.